The zero-order valence-electron chi connectivity index (χ0n) is 6.56. The number of nitrogens with one attached hydrogen (secondary N) is 1. The van der Waals surface area contributed by atoms with Crippen molar-refractivity contribution in [3.8, 4) is 0 Å². The minimum Gasteiger partial charge on any atom is -0.412 e. The van der Waals surface area contributed by atoms with E-state index in [0.717, 1.165) is 18.8 Å². The second-order valence-corrected chi connectivity index (χ2v) is 2.28. The Labute approximate surface area is 66.3 Å². The van der Waals surface area contributed by atoms with Crippen LogP contribution in [0.2, 0.25) is 0 Å². The summed E-state index contributed by atoms with van der Waals surface area (Å²) in [5, 5.41) is 0. The molecule has 1 aliphatic heterocycles. The third-order valence-corrected chi connectivity index (χ3v) is 1.54. The fourth-order valence-electron chi connectivity index (χ4n) is 0.992. The van der Waals surface area contributed by atoms with Gasteiger partial charge in [0.25, 0.3) is 0 Å². The predicted octanol–water partition coefficient (Wildman–Crippen LogP) is -1.23. The summed E-state index contributed by atoms with van der Waals surface area (Å²) in [6.07, 6.45) is 4.75. The van der Waals surface area contributed by atoms with E-state index in [-0.39, 0.29) is 11.0 Å². The van der Waals surface area contributed by atoms with Crippen molar-refractivity contribution < 1.29 is 11.0 Å². The minimum absolute atomic E-state index is 0. The zero-order valence-corrected chi connectivity index (χ0v) is 6.56. The van der Waals surface area contributed by atoms with Crippen molar-refractivity contribution in [3.63, 3.8) is 0 Å². The largest absolute Gasteiger partial charge is 0.412 e. The van der Waals surface area contributed by atoms with Crippen LogP contribution in [-0.2, 0) is 0 Å². The highest BCUT2D eigenvalue weighted by molar-refractivity contribution is 5.81. The molecule has 0 aliphatic carbocycles. The first-order chi connectivity index (χ1) is 4.43. The van der Waals surface area contributed by atoms with Crippen LogP contribution in [0.25, 0.3) is 0 Å². The highest BCUT2D eigenvalue weighted by Crippen LogP contribution is 2.04. The van der Waals surface area contributed by atoms with Crippen LogP contribution in [0, 0.1) is 0 Å². The van der Waals surface area contributed by atoms with Crippen molar-refractivity contribution in [2.45, 2.75) is 25.7 Å². The monoisotopic (exact) mass is 163 g/mol. The van der Waals surface area contributed by atoms with E-state index in [0.29, 0.717) is 0 Å². The summed E-state index contributed by atoms with van der Waals surface area (Å²) in [6.45, 7) is 0.944. The van der Waals surface area contributed by atoms with E-state index in [4.69, 9.17) is 5.84 Å². The van der Waals surface area contributed by atoms with E-state index in [1.54, 1.807) is 0 Å². The lowest BCUT2D eigenvalue weighted by atomic mass is 10.2. The Balaban J connectivity index is 0. The molecule has 0 saturated heterocycles. The molecule has 0 atom stereocenters. The molecule has 0 amide bonds. The summed E-state index contributed by atoms with van der Waals surface area (Å²) in [4.78, 5) is 4.22. The number of aliphatic imine (C=N–C) groups is 1. The maximum Gasteiger partial charge on any atom is 0.110 e. The van der Waals surface area contributed by atoms with Gasteiger partial charge in [-0.25, -0.2) is 5.84 Å². The van der Waals surface area contributed by atoms with Crippen LogP contribution in [0.1, 0.15) is 25.7 Å². The number of hydrogen-bond acceptors (Lipinski definition) is 3. The first-order valence-corrected chi connectivity index (χ1v) is 3.43. The molecule has 1 heterocycles. The summed E-state index contributed by atoms with van der Waals surface area (Å²) in [6, 6.07) is 0. The Bertz CT molecular complexity index is 116. The maximum absolute atomic E-state index is 5.19. The second kappa shape index (κ2) is 7.46. The minimum atomic E-state index is 0. The molecular formula is C6H17N3O2. The predicted molar refractivity (Wildman–Crippen MR) is 45.3 cm³/mol. The van der Waals surface area contributed by atoms with E-state index < -0.39 is 0 Å². The van der Waals surface area contributed by atoms with Gasteiger partial charge in [-0.1, -0.05) is 6.42 Å². The van der Waals surface area contributed by atoms with E-state index in [1.165, 1.54) is 19.3 Å². The van der Waals surface area contributed by atoms with Crippen LogP contribution in [0.3, 0.4) is 0 Å². The SMILES string of the molecule is NNC1=NCCCCC1.O.O. The molecule has 5 nitrogen and oxygen atoms in total. The fraction of sp³-hybridized carbons (Fsp3) is 0.833. The topological polar surface area (TPSA) is 113 Å². The molecule has 0 spiro atoms. The van der Waals surface area contributed by atoms with Crippen molar-refractivity contribution in [2.24, 2.45) is 10.8 Å². The quantitative estimate of drug-likeness (QED) is 0.344. The highest BCUT2D eigenvalue weighted by Gasteiger charge is 2.00. The van der Waals surface area contributed by atoms with Crippen LogP contribution in [0.5, 0.6) is 0 Å². The molecule has 7 N–H and O–H groups in total. The van der Waals surface area contributed by atoms with Crippen molar-refractivity contribution in [1.29, 1.82) is 0 Å². The summed E-state index contributed by atoms with van der Waals surface area (Å²) in [5.41, 5.74) is 2.59. The lowest BCUT2D eigenvalue weighted by Crippen LogP contribution is -2.29. The van der Waals surface area contributed by atoms with Crippen molar-refractivity contribution in [2.75, 3.05) is 6.54 Å². The molecule has 0 radical (unpaired) electrons. The van der Waals surface area contributed by atoms with Gasteiger partial charge in [0.2, 0.25) is 0 Å². The molecule has 0 aromatic carbocycles. The van der Waals surface area contributed by atoms with E-state index in [9.17, 15) is 0 Å². The molecule has 0 aromatic rings. The van der Waals surface area contributed by atoms with Crippen LogP contribution in [0.15, 0.2) is 4.99 Å². The third-order valence-electron chi connectivity index (χ3n) is 1.54. The number of rotatable bonds is 0. The first kappa shape index (κ1) is 13.0. The van der Waals surface area contributed by atoms with Gasteiger partial charge in [-0.15, -0.1) is 0 Å². The van der Waals surface area contributed by atoms with E-state index >= 15 is 0 Å². The molecule has 0 unspecified atom stereocenters. The lowest BCUT2D eigenvalue weighted by molar-refractivity contribution is 0.729. The Morgan fingerprint density at radius 3 is 2.55 bits per heavy atom. The summed E-state index contributed by atoms with van der Waals surface area (Å²) < 4.78 is 0. The van der Waals surface area contributed by atoms with Crippen molar-refractivity contribution in [1.82, 2.24) is 5.43 Å². The molecule has 68 valence electrons. The summed E-state index contributed by atoms with van der Waals surface area (Å²) in [7, 11) is 0. The van der Waals surface area contributed by atoms with E-state index in [1.807, 2.05) is 0 Å². The summed E-state index contributed by atoms with van der Waals surface area (Å²) >= 11 is 0. The molecular weight excluding hydrogens is 146 g/mol. The Hall–Kier alpha value is -0.650. The Kier molecular flexibility index (Phi) is 8.80. The Morgan fingerprint density at radius 2 is 1.91 bits per heavy atom. The smallest absolute Gasteiger partial charge is 0.110 e. The van der Waals surface area contributed by atoms with Gasteiger partial charge in [-0.2, -0.15) is 0 Å². The average molecular weight is 163 g/mol. The molecule has 1 rings (SSSR count). The van der Waals surface area contributed by atoms with Gasteiger partial charge < -0.3 is 16.4 Å². The molecule has 5 heteroatoms. The maximum atomic E-state index is 5.19. The van der Waals surface area contributed by atoms with Crippen LogP contribution >= 0.6 is 0 Å². The average Bonchev–Trinajstić information content (AvgIpc) is 2.13. The molecule has 1 aliphatic rings. The molecule has 0 aromatic heterocycles. The van der Waals surface area contributed by atoms with E-state index in [2.05, 4.69) is 10.4 Å². The summed E-state index contributed by atoms with van der Waals surface area (Å²) in [5.74, 6) is 6.16. The van der Waals surface area contributed by atoms with Gasteiger partial charge in [0.05, 0.1) is 0 Å². The van der Waals surface area contributed by atoms with Gasteiger partial charge in [0, 0.05) is 13.0 Å². The third kappa shape index (κ3) is 4.72. The Morgan fingerprint density at radius 1 is 1.18 bits per heavy atom. The standard InChI is InChI=1S/C6H13N3.2H2O/c7-9-6-4-2-1-3-5-8-6;;/h1-5,7H2,(H,8,9);2*1H2. The van der Waals surface area contributed by atoms with Crippen molar-refractivity contribution in [3.05, 3.63) is 0 Å². The van der Waals surface area contributed by atoms with Crippen LogP contribution < -0.4 is 11.3 Å². The molecule has 0 bridgehead atoms. The lowest BCUT2D eigenvalue weighted by Gasteiger charge is -1.98. The highest BCUT2D eigenvalue weighted by atomic mass is 16.0. The number of hydrogen-bond donors (Lipinski definition) is 2. The number of nitrogens with two attached hydrogens (primary N) is 1. The molecule has 0 fully saturated rings. The van der Waals surface area contributed by atoms with Crippen molar-refractivity contribution >= 4 is 5.84 Å². The van der Waals surface area contributed by atoms with Gasteiger partial charge >= 0.3 is 0 Å². The fourth-order valence-corrected chi connectivity index (χ4v) is 0.992. The first-order valence-electron chi connectivity index (χ1n) is 3.43. The van der Waals surface area contributed by atoms with Gasteiger partial charge in [0.1, 0.15) is 5.84 Å². The van der Waals surface area contributed by atoms with Gasteiger partial charge in [-0.3, -0.25) is 4.99 Å². The molecule has 11 heavy (non-hydrogen) atoms. The number of nitrogens with zero attached hydrogens (tertiary/aromatic N) is 1. The van der Waals surface area contributed by atoms with Gasteiger partial charge in [-0.05, 0) is 12.8 Å². The second-order valence-electron chi connectivity index (χ2n) is 2.28. The normalized spacial score (nSPS) is 16.6. The van der Waals surface area contributed by atoms with Crippen LogP contribution in [-0.4, -0.2) is 23.3 Å². The number of hydrazine groups is 1. The van der Waals surface area contributed by atoms with Gasteiger partial charge in [0.15, 0.2) is 0 Å². The number of amidine groups is 1. The molecule has 0 saturated carbocycles. The zero-order chi connectivity index (χ0) is 6.53. The van der Waals surface area contributed by atoms with Crippen LogP contribution in [0.4, 0.5) is 0 Å².